The number of carbonyl (C=O) groups excluding carboxylic acids is 2. The molecule has 1 saturated heterocycles. The highest BCUT2D eigenvalue weighted by Gasteiger charge is 2.33. The summed E-state index contributed by atoms with van der Waals surface area (Å²) in [6, 6.07) is 22.1. The minimum Gasteiger partial charge on any atom is -0.353 e. The highest BCUT2D eigenvalue weighted by molar-refractivity contribution is 5.95. The number of alkyl halides is 3. The molecule has 42 heavy (non-hydrogen) atoms. The van der Waals surface area contributed by atoms with E-state index in [4.69, 9.17) is 0 Å². The molecule has 10 heteroatoms. The van der Waals surface area contributed by atoms with Crippen LogP contribution >= 0.6 is 0 Å². The fourth-order valence-corrected chi connectivity index (χ4v) is 5.52. The molecule has 3 heterocycles. The van der Waals surface area contributed by atoms with E-state index in [0.717, 1.165) is 40.3 Å². The lowest BCUT2D eigenvalue weighted by molar-refractivity contribution is -0.137. The van der Waals surface area contributed by atoms with E-state index < -0.39 is 17.6 Å². The first-order valence-electron chi connectivity index (χ1n) is 13.8. The zero-order chi connectivity index (χ0) is 29.3. The van der Waals surface area contributed by atoms with Crippen molar-refractivity contribution >= 4 is 17.6 Å². The number of hydrogen-bond donors (Lipinski definition) is 0. The predicted octanol–water partition coefficient (Wildman–Crippen LogP) is 5.32. The lowest BCUT2D eigenvalue weighted by Gasteiger charge is -2.38. The van der Waals surface area contributed by atoms with Crippen molar-refractivity contribution in [2.24, 2.45) is 0 Å². The summed E-state index contributed by atoms with van der Waals surface area (Å²) in [7, 11) is 0. The molecule has 0 aliphatic carbocycles. The molecule has 0 atom stereocenters. The van der Waals surface area contributed by atoms with Gasteiger partial charge < -0.3 is 14.7 Å². The van der Waals surface area contributed by atoms with E-state index >= 15 is 0 Å². The zero-order valence-corrected chi connectivity index (χ0v) is 22.7. The van der Waals surface area contributed by atoms with Crippen molar-refractivity contribution in [1.82, 2.24) is 19.8 Å². The van der Waals surface area contributed by atoms with Gasteiger partial charge in [-0.2, -0.15) is 13.2 Å². The topological polar surface area (TPSA) is 69.6 Å². The van der Waals surface area contributed by atoms with E-state index in [1.807, 2.05) is 54.6 Å². The Kier molecular flexibility index (Phi) is 7.36. The Morgan fingerprint density at radius 2 is 1.38 bits per heavy atom. The number of carbonyl (C=O) groups is 2. The average molecular weight is 572 g/mol. The second-order valence-electron chi connectivity index (χ2n) is 10.4. The summed E-state index contributed by atoms with van der Waals surface area (Å²) in [4.78, 5) is 40.9. The molecule has 0 N–H and O–H groups in total. The Bertz CT molecular complexity index is 1600. The Morgan fingerprint density at radius 3 is 2.10 bits per heavy atom. The second kappa shape index (κ2) is 11.3. The van der Waals surface area contributed by atoms with Crippen molar-refractivity contribution in [3.05, 3.63) is 113 Å². The molecule has 4 aromatic rings. The predicted molar refractivity (Wildman–Crippen MR) is 152 cm³/mol. The molecule has 2 aliphatic heterocycles. The van der Waals surface area contributed by atoms with Crippen molar-refractivity contribution in [2.75, 3.05) is 37.6 Å². The Balaban J connectivity index is 1.13. The van der Waals surface area contributed by atoms with Crippen molar-refractivity contribution in [3.8, 4) is 11.1 Å². The van der Waals surface area contributed by atoms with Gasteiger partial charge in [-0.25, -0.2) is 9.97 Å². The third-order valence-electron chi connectivity index (χ3n) is 7.81. The fourth-order valence-electron chi connectivity index (χ4n) is 5.52. The molecule has 3 aromatic carbocycles. The van der Waals surface area contributed by atoms with Crippen LogP contribution in [0, 0.1) is 0 Å². The molecule has 2 aliphatic rings. The zero-order valence-electron chi connectivity index (χ0n) is 22.7. The Morgan fingerprint density at radius 1 is 0.690 bits per heavy atom. The van der Waals surface area contributed by atoms with Gasteiger partial charge in [-0.15, -0.1) is 0 Å². The number of amides is 2. The highest BCUT2D eigenvalue weighted by Crippen LogP contribution is 2.31. The van der Waals surface area contributed by atoms with Gasteiger partial charge in [0.25, 0.3) is 11.8 Å². The summed E-state index contributed by atoms with van der Waals surface area (Å²) in [6.07, 6.45) is -2.39. The molecule has 2 amide bonds. The second-order valence-corrected chi connectivity index (χ2v) is 10.4. The number of hydrogen-bond acceptors (Lipinski definition) is 5. The van der Waals surface area contributed by atoms with Crippen molar-refractivity contribution in [1.29, 1.82) is 0 Å². The van der Waals surface area contributed by atoms with Crippen LogP contribution in [0.2, 0.25) is 0 Å². The van der Waals surface area contributed by atoms with E-state index in [2.05, 4.69) is 14.9 Å². The van der Waals surface area contributed by atoms with Gasteiger partial charge in [0.15, 0.2) is 0 Å². The van der Waals surface area contributed by atoms with Crippen LogP contribution in [0.5, 0.6) is 0 Å². The van der Waals surface area contributed by atoms with Gasteiger partial charge in [0.05, 0.1) is 17.8 Å². The molecule has 6 rings (SSSR count). The molecule has 0 spiro atoms. The van der Waals surface area contributed by atoms with Gasteiger partial charge in [-0.1, -0.05) is 48.5 Å². The smallest absolute Gasteiger partial charge is 0.353 e. The van der Waals surface area contributed by atoms with Crippen LogP contribution in [-0.2, 0) is 19.1 Å². The van der Waals surface area contributed by atoms with Gasteiger partial charge in [-0.3, -0.25) is 9.59 Å². The average Bonchev–Trinajstić information content (AvgIpc) is 3.04. The molecular formula is C32H28F3N5O2. The maximum absolute atomic E-state index is 13.4. The minimum atomic E-state index is -4.51. The monoisotopic (exact) mass is 571 g/mol. The van der Waals surface area contributed by atoms with Crippen LogP contribution in [0.1, 0.15) is 37.5 Å². The van der Waals surface area contributed by atoms with Crippen molar-refractivity contribution in [2.45, 2.75) is 19.1 Å². The quantitative estimate of drug-likeness (QED) is 0.332. The lowest BCUT2D eigenvalue weighted by Crippen LogP contribution is -2.49. The van der Waals surface area contributed by atoms with Crippen molar-refractivity contribution < 1.29 is 22.8 Å². The summed E-state index contributed by atoms with van der Waals surface area (Å²) in [5.74, 6) is 0.232. The first-order chi connectivity index (χ1) is 20.3. The van der Waals surface area contributed by atoms with Crippen LogP contribution < -0.4 is 4.90 Å². The van der Waals surface area contributed by atoms with Gasteiger partial charge in [0, 0.05) is 55.8 Å². The highest BCUT2D eigenvalue weighted by atomic mass is 19.4. The number of fused-ring (bicyclic) bond motifs is 1. The molecule has 0 unspecified atom stereocenters. The van der Waals surface area contributed by atoms with Gasteiger partial charge in [-0.05, 0) is 41.5 Å². The lowest BCUT2D eigenvalue weighted by atomic mass is 10.0. The number of halogens is 3. The third-order valence-corrected chi connectivity index (χ3v) is 7.81. The van der Waals surface area contributed by atoms with E-state index in [1.165, 1.54) is 18.5 Å². The molecule has 0 radical (unpaired) electrons. The first-order valence-corrected chi connectivity index (χ1v) is 13.8. The number of nitrogens with zero attached hydrogens (tertiary/aromatic N) is 5. The van der Waals surface area contributed by atoms with Crippen LogP contribution in [0.4, 0.5) is 19.0 Å². The largest absolute Gasteiger partial charge is 0.416 e. The summed E-state index contributed by atoms with van der Waals surface area (Å²) >= 11 is 0. The van der Waals surface area contributed by atoms with Crippen molar-refractivity contribution in [3.63, 3.8) is 0 Å². The van der Waals surface area contributed by atoms with E-state index in [-0.39, 0.29) is 11.5 Å². The number of aromatic nitrogens is 2. The van der Waals surface area contributed by atoms with E-state index in [1.54, 1.807) is 9.80 Å². The molecule has 214 valence electrons. The van der Waals surface area contributed by atoms with Crippen LogP contribution in [0.15, 0.2) is 85.2 Å². The van der Waals surface area contributed by atoms with Crippen LogP contribution in [0.25, 0.3) is 11.1 Å². The summed E-state index contributed by atoms with van der Waals surface area (Å²) in [5.41, 5.74) is 3.69. The van der Waals surface area contributed by atoms with Crippen LogP contribution in [0.3, 0.4) is 0 Å². The standard InChI is InChI=1S/C32H28F3N5O2/c33-32(34,35)26-8-4-7-25(19-26)31(42)39-17-15-38(16-18-39)29-27-20-40(14-13-28(27)36-21-37-29)30(41)24-11-9-23(10-12-24)22-5-2-1-3-6-22/h1-12,19,21H,13-18,20H2. The SMILES string of the molecule is O=C(c1cccc(C(F)(F)F)c1)N1CCN(c2ncnc3c2CN(C(=O)c2ccc(-c4ccccc4)cc2)CC3)CC1. The Hall–Kier alpha value is -4.73. The summed E-state index contributed by atoms with van der Waals surface area (Å²) in [5, 5.41) is 0. The normalized spacial score (nSPS) is 15.4. The maximum Gasteiger partial charge on any atom is 0.416 e. The van der Waals surface area contributed by atoms with E-state index in [0.29, 0.717) is 51.3 Å². The number of benzene rings is 3. The molecule has 7 nitrogen and oxygen atoms in total. The van der Waals surface area contributed by atoms with Crippen LogP contribution in [-0.4, -0.2) is 64.3 Å². The summed E-state index contributed by atoms with van der Waals surface area (Å²) < 4.78 is 39.4. The van der Waals surface area contributed by atoms with Gasteiger partial charge in [0.2, 0.25) is 0 Å². The number of rotatable bonds is 4. The first kappa shape index (κ1) is 27.4. The summed E-state index contributed by atoms with van der Waals surface area (Å²) in [6.45, 7) is 2.51. The van der Waals surface area contributed by atoms with Gasteiger partial charge >= 0.3 is 6.18 Å². The molecule has 1 aromatic heterocycles. The maximum atomic E-state index is 13.4. The molecule has 0 bridgehead atoms. The number of anilines is 1. The minimum absolute atomic E-state index is 0.0173. The van der Waals surface area contributed by atoms with E-state index in [9.17, 15) is 22.8 Å². The molecular weight excluding hydrogens is 543 g/mol. The molecule has 1 fully saturated rings. The Labute approximate surface area is 241 Å². The number of piperazine rings is 1. The third kappa shape index (κ3) is 5.57. The molecule has 0 saturated carbocycles. The van der Waals surface area contributed by atoms with Gasteiger partial charge in [0.1, 0.15) is 12.1 Å². The fraction of sp³-hybridized carbons (Fsp3) is 0.250.